The van der Waals surface area contributed by atoms with Gasteiger partial charge in [-0.2, -0.15) is 0 Å². The Balaban J connectivity index is 1.67. The van der Waals surface area contributed by atoms with Crippen LogP contribution in [0.2, 0.25) is 0 Å². The molecule has 3 heteroatoms. The highest BCUT2D eigenvalue weighted by molar-refractivity contribution is 5.09. The van der Waals surface area contributed by atoms with Gasteiger partial charge in [-0.15, -0.1) is 0 Å². The molecular formula is C13H22N2O. The molecule has 1 aromatic heterocycles. The van der Waals surface area contributed by atoms with E-state index < -0.39 is 0 Å². The van der Waals surface area contributed by atoms with Crippen LogP contribution in [-0.2, 0) is 13.6 Å². The van der Waals surface area contributed by atoms with E-state index in [-0.39, 0.29) is 6.10 Å². The first-order valence-corrected chi connectivity index (χ1v) is 6.25. The van der Waals surface area contributed by atoms with Crippen molar-refractivity contribution in [1.29, 1.82) is 0 Å². The van der Waals surface area contributed by atoms with E-state index in [4.69, 9.17) is 0 Å². The van der Waals surface area contributed by atoms with Gasteiger partial charge in [0.25, 0.3) is 0 Å². The first-order valence-electron chi connectivity index (χ1n) is 6.25. The summed E-state index contributed by atoms with van der Waals surface area (Å²) in [5.74, 6) is 0.531. The summed E-state index contributed by atoms with van der Waals surface area (Å²) in [6.07, 6.45) is 8.98. The lowest BCUT2D eigenvalue weighted by molar-refractivity contribution is 0.109. The van der Waals surface area contributed by atoms with Gasteiger partial charge >= 0.3 is 0 Å². The molecule has 0 spiro atoms. The van der Waals surface area contributed by atoms with Gasteiger partial charge in [0.1, 0.15) is 0 Å². The standard InChI is InChI=1S/C13H22N2O/c1-15-7-6-11(10-15)8-14-9-13(16)12-4-2-3-5-12/h6-7,10,12-14,16H,2-5,8-9H2,1H3. The van der Waals surface area contributed by atoms with Crippen LogP contribution in [0.4, 0.5) is 0 Å². The Morgan fingerprint density at radius 1 is 1.50 bits per heavy atom. The molecule has 1 atom stereocenters. The van der Waals surface area contributed by atoms with E-state index in [9.17, 15) is 5.11 Å². The van der Waals surface area contributed by atoms with Crippen LogP contribution in [0.5, 0.6) is 0 Å². The highest BCUT2D eigenvalue weighted by atomic mass is 16.3. The molecule has 16 heavy (non-hydrogen) atoms. The molecule has 1 aromatic rings. The molecule has 2 rings (SSSR count). The minimum atomic E-state index is -0.161. The second-order valence-electron chi connectivity index (χ2n) is 4.93. The lowest BCUT2D eigenvalue weighted by Crippen LogP contribution is -2.31. The quantitative estimate of drug-likeness (QED) is 0.795. The van der Waals surface area contributed by atoms with Gasteiger partial charge in [0.05, 0.1) is 6.10 Å². The summed E-state index contributed by atoms with van der Waals surface area (Å²) < 4.78 is 2.05. The SMILES string of the molecule is Cn1ccc(CNCC(O)C2CCCC2)c1. The zero-order chi connectivity index (χ0) is 11.4. The fourth-order valence-electron chi connectivity index (χ4n) is 2.54. The van der Waals surface area contributed by atoms with Crippen molar-refractivity contribution in [1.82, 2.24) is 9.88 Å². The number of rotatable bonds is 5. The lowest BCUT2D eigenvalue weighted by atomic mass is 10.0. The van der Waals surface area contributed by atoms with Gasteiger partial charge in [0.15, 0.2) is 0 Å². The van der Waals surface area contributed by atoms with Gasteiger partial charge in [-0.05, 0) is 30.4 Å². The van der Waals surface area contributed by atoms with Gasteiger partial charge in [0, 0.05) is 32.5 Å². The fraction of sp³-hybridized carbons (Fsp3) is 0.692. The van der Waals surface area contributed by atoms with Gasteiger partial charge in [-0.3, -0.25) is 0 Å². The van der Waals surface area contributed by atoms with E-state index in [1.165, 1.54) is 31.2 Å². The Morgan fingerprint density at radius 3 is 2.88 bits per heavy atom. The molecule has 1 fully saturated rings. The number of aromatic nitrogens is 1. The summed E-state index contributed by atoms with van der Waals surface area (Å²) in [5, 5.41) is 13.3. The van der Waals surface area contributed by atoms with Crippen molar-refractivity contribution in [2.75, 3.05) is 6.54 Å². The van der Waals surface area contributed by atoms with Crippen molar-refractivity contribution in [3.63, 3.8) is 0 Å². The third kappa shape index (κ3) is 3.09. The van der Waals surface area contributed by atoms with Crippen molar-refractivity contribution in [3.8, 4) is 0 Å². The van der Waals surface area contributed by atoms with Crippen LogP contribution >= 0.6 is 0 Å². The molecular weight excluding hydrogens is 200 g/mol. The summed E-state index contributed by atoms with van der Waals surface area (Å²) in [6.45, 7) is 1.57. The van der Waals surface area contributed by atoms with Crippen LogP contribution in [0.3, 0.4) is 0 Å². The van der Waals surface area contributed by atoms with Crippen LogP contribution in [-0.4, -0.2) is 22.3 Å². The zero-order valence-electron chi connectivity index (χ0n) is 10.0. The van der Waals surface area contributed by atoms with Gasteiger partial charge in [-0.25, -0.2) is 0 Å². The van der Waals surface area contributed by atoms with Gasteiger partial charge < -0.3 is 15.0 Å². The Bertz CT molecular complexity index is 315. The van der Waals surface area contributed by atoms with Crippen molar-refractivity contribution >= 4 is 0 Å². The van der Waals surface area contributed by atoms with E-state index in [0.29, 0.717) is 5.92 Å². The highest BCUT2D eigenvalue weighted by Crippen LogP contribution is 2.27. The smallest absolute Gasteiger partial charge is 0.0692 e. The number of aryl methyl sites for hydroxylation is 1. The molecule has 1 heterocycles. The van der Waals surface area contributed by atoms with Crippen molar-refractivity contribution in [3.05, 3.63) is 24.0 Å². The first kappa shape index (κ1) is 11.7. The largest absolute Gasteiger partial charge is 0.392 e. The van der Waals surface area contributed by atoms with Crippen LogP contribution in [0.25, 0.3) is 0 Å². The molecule has 0 aromatic carbocycles. The molecule has 0 amide bonds. The number of aliphatic hydroxyl groups is 1. The van der Waals surface area contributed by atoms with Crippen molar-refractivity contribution in [2.24, 2.45) is 13.0 Å². The molecule has 1 unspecified atom stereocenters. The second-order valence-corrected chi connectivity index (χ2v) is 4.93. The number of hydrogen-bond donors (Lipinski definition) is 2. The molecule has 0 aliphatic heterocycles. The third-order valence-electron chi connectivity index (χ3n) is 3.52. The number of aliphatic hydroxyl groups excluding tert-OH is 1. The van der Waals surface area contributed by atoms with Gasteiger partial charge in [-0.1, -0.05) is 12.8 Å². The molecule has 0 radical (unpaired) electrons. The summed E-state index contributed by atoms with van der Waals surface area (Å²) in [7, 11) is 2.02. The van der Waals surface area contributed by atoms with Crippen molar-refractivity contribution in [2.45, 2.75) is 38.3 Å². The van der Waals surface area contributed by atoms with E-state index in [1.807, 2.05) is 17.8 Å². The molecule has 3 nitrogen and oxygen atoms in total. The Morgan fingerprint density at radius 2 is 2.25 bits per heavy atom. The Hall–Kier alpha value is -0.800. The van der Waals surface area contributed by atoms with E-state index >= 15 is 0 Å². The third-order valence-corrected chi connectivity index (χ3v) is 3.52. The number of nitrogens with zero attached hydrogens (tertiary/aromatic N) is 1. The summed E-state index contributed by atoms with van der Waals surface area (Å²) in [4.78, 5) is 0. The maximum absolute atomic E-state index is 9.96. The van der Waals surface area contributed by atoms with Crippen LogP contribution in [0, 0.1) is 5.92 Å². The molecule has 0 saturated heterocycles. The van der Waals surface area contributed by atoms with Crippen molar-refractivity contribution < 1.29 is 5.11 Å². The van der Waals surface area contributed by atoms with Crippen LogP contribution < -0.4 is 5.32 Å². The summed E-state index contributed by atoms with van der Waals surface area (Å²) in [6, 6.07) is 2.11. The Kier molecular flexibility index (Phi) is 4.02. The average molecular weight is 222 g/mol. The lowest BCUT2D eigenvalue weighted by Gasteiger charge is -2.17. The fourth-order valence-corrected chi connectivity index (χ4v) is 2.54. The molecule has 2 N–H and O–H groups in total. The molecule has 90 valence electrons. The normalized spacial score (nSPS) is 19.1. The van der Waals surface area contributed by atoms with Crippen LogP contribution in [0.1, 0.15) is 31.2 Å². The minimum Gasteiger partial charge on any atom is -0.392 e. The highest BCUT2D eigenvalue weighted by Gasteiger charge is 2.22. The number of hydrogen-bond acceptors (Lipinski definition) is 2. The summed E-state index contributed by atoms with van der Waals surface area (Å²) >= 11 is 0. The van der Waals surface area contributed by atoms with E-state index in [0.717, 1.165) is 13.1 Å². The maximum atomic E-state index is 9.96. The number of nitrogens with one attached hydrogen (secondary N) is 1. The monoisotopic (exact) mass is 222 g/mol. The zero-order valence-corrected chi connectivity index (χ0v) is 10.0. The topological polar surface area (TPSA) is 37.2 Å². The second kappa shape index (κ2) is 5.51. The predicted octanol–water partition coefficient (Wildman–Crippen LogP) is 1.67. The minimum absolute atomic E-state index is 0.161. The predicted molar refractivity (Wildman–Crippen MR) is 65.1 cm³/mol. The molecule has 0 bridgehead atoms. The average Bonchev–Trinajstić information content (AvgIpc) is 2.89. The van der Waals surface area contributed by atoms with Gasteiger partial charge in [0.2, 0.25) is 0 Å². The molecule has 1 aliphatic rings. The van der Waals surface area contributed by atoms with E-state index in [1.54, 1.807) is 0 Å². The van der Waals surface area contributed by atoms with Crippen LogP contribution in [0.15, 0.2) is 18.5 Å². The van der Waals surface area contributed by atoms with E-state index in [2.05, 4.69) is 17.6 Å². The first-order chi connectivity index (χ1) is 7.75. The summed E-state index contributed by atoms with van der Waals surface area (Å²) in [5.41, 5.74) is 1.28. The molecule has 1 aliphatic carbocycles. The Labute approximate surface area is 97.5 Å². The maximum Gasteiger partial charge on any atom is 0.0692 e. The molecule has 1 saturated carbocycles.